The quantitative estimate of drug-likeness (QED) is 0.127. The fourth-order valence-electron chi connectivity index (χ4n) is 10.9. The second-order valence-corrected chi connectivity index (χ2v) is 30.9. The highest BCUT2D eigenvalue weighted by molar-refractivity contribution is 7.00. The van der Waals surface area contributed by atoms with Gasteiger partial charge in [0, 0.05) is 38.8 Å². The summed E-state index contributed by atoms with van der Waals surface area (Å²) < 4.78 is -0.0204. The Morgan fingerprint density at radius 2 is 0.803 bits per heavy atom. The van der Waals surface area contributed by atoms with E-state index in [1.54, 1.807) is 11.1 Å². The van der Waals surface area contributed by atoms with Crippen LogP contribution in [0.2, 0.25) is 39.3 Å². The molecule has 4 heteroatoms. The maximum Gasteiger partial charge on any atom is 0.0579 e. The third-order valence-electron chi connectivity index (χ3n) is 13.5. The molecule has 0 N–H and O–H groups in total. The summed E-state index contributed by atoms with van der Waals surface area (Å²) in [5.74, 6) is 0.972. The smallest absolute Gasteiger partial charge is 0.0579 e. The number of rotatable bonds is 10. The highest BCUT2D eigenvalue weighted by Crippen LogP contribution is 2.60. The maximum atomic E-state index is 2.63. The van der Waals surface area contributed by atoms with Gasteiger partial charge in [0.25, 0.3) is 0 Å². The van der Waals surface area contributed by atoms with Gasteiger partial charge in [0.05, 0.1) is 16.1 Å². The predicted molar refractivity (Wildman–Crippen MR) is 272 cm³/mol. The second-order valence-electron chi connectivity index (χ2n) is 19.9. The lowest BCUT2D eigenvalue weighted by atomic mass is 9.97. The van der Waals surface area contributed by atoms with Gasteiger partial charge in [-0.3, -0.25) is 0 Å². The molecule has 0 unspecified atom stereocenters. The first-order valence-corrected chi connectivity index (χ1v) is 29.2. The highest BCUT2D eigenvalue weighted by atomic mass is 28.4. The number of anilines is 6. The zero-order valence-corrected chi connectivity index (χ0v) is 39.7. The molecule has 0 saturated carbocycles. The summed E-state index contributed by atoms with van der Waals surface area (Å²) >= 11 is 0. The third-order valence-corrected chi connectivity index (χ3v) is 23.5. The molecule has 0 atom stereocenters. The highest BCUT2D eigenvalue weighted by Gasteiger charge is 2.59. The van der Waals surface area contributed by atoms with Gasteiger partial charge in [-0.15, -0.1) is 0 Å². The minimum atomic E-state index is -1.99. The van der Waals surface area contributed by atoms with Crippen LogP contribution >= 0.6 is 0 Å². The van der Waals surface area contributed by atoms with Crippen LogP contribution in [0.5, 0.6) is 0 Å². The zero-order chi connectivity index (χ0) is 42.8. The van der Waals surface area contributed by atoms with Gasteiger partial charge in [-0.05, 0) is 146 Å². The van der Waals surface area contributed by atoms with E-state index in [1.165, 1.54) is 66.5 Å². The first-order valence-electron chi connectivity index (χ1n) is 22.2. The van der Waals surface area contributed by atoms with Crippen LogP contribution in [0.1, 0.15) is 61.8 Å². The van der Waals surface area contributed by atoms with E-state index >= 15 is 0 Å². The van der Waals surface area contributed by atoms with Gasteiger partial charge in [-0.2, -0.15) is 0 Å². The predicted octanol–water partition coefficient (Wildman–Crippen LogP) is 17.2. The first-order chi connectivity index (χ1) is 29.2. The van der Waals surface area contributed by atoms with Crippen molar-refractivity contribution in [3.05, 3.63) is 192 Å². The summed E-state index contributed by atoms with van der Waals surface area (Å²) in [5.41, 5.74) is 15.7. The van der Waals surface area contributed by atoms with Crippen LogP contribution in [0.3, 0.4) is 0 Å². The number of benzene rings is 8. The molecule has 0 radical (unpaired) electrons. The van der Waals surface area contributed by atoms with Crippen molar-refractivity contribution in [3.63, 3.8) is 0 Å². The van der Waals surface area contributed by atoms with Gasteiger partial charge in [-0.25, -0.2) is 0 Å². The summed E-state index contributed by atoms with van der Waals surface area (Å²) in [6, 6.07) is 64.3. The molecule has 0 fully saturated rings. The number of nitrogens with zero attached hydrogens (tertiary/aromatic N) is 2. The normalized spacial score (nSPS) is 13.5. The van der Waals surface area contributed by atoms with E-state index in [-0.39, 0.29) is 4.66 Å². The topological polar surface area (TPSA) is 6.48 Å². The van der Waals surface area contributed by atoms with E-state index in [1.807, 2.05) is 0 Å². The molecule has 0 aliphatic heterocycles. The van der Waals surface area contributed by atoms with E-state index in [4.69, 9.17) is 0 Å². The van der Waals surface area contributed by atoms with Crippen molar-refractivity contribution in [2.45, 2.75) is 83.5 Å². The average molecular weight is 829 g/mol. The Bertz CT molecular complexity index is 2850. The number of fused-ring (bicyclic) bond motifs is 6. The Morgan fingerprint density at radius 1 is 0.377 bits per heavy atom. The lowest BCUT2D eigenvalue weighted by molar-refractivity contribution is 0.866. The minimum Gasteiger partial charge on any atom is -0.310 e. The maximum absolute atomic E-state index is 2.63. The van der Waals surface area contributed by atoms with Gasteiger partial charge in [0.15, 0.2) is 0 Å². The largest absolute Gasteiger partial charge is 0.310 e. The van der Waals surface area contributed by atoms with E-state index < -0.39 is 16.1 Å². The lowest BCUT2D eigenvalue weighted by Gasteiger charge is -2.51. The van der Waals surface area contributed by atoms with Crippen molar-refractivity contribution in [2.75, 3.05) is 9.80 Å². The molecule has 1 aliphatic rings. The van der Waals surface area contributed by atoms with Crippen LogP contribution in [0, 0.1) is 0 Å². The second kappa shape index (κ2) is 15.3. The molecule has 0 spiro atoms. The Hall–Kier alpha value is -5.69. The van der Waals surface area contributed by atoms with Crippen molar-refractivity contribution in [1.82, 2.24) is 0 Å². The van der Waals surface area contributed by atoms with Crippen molar-refractivity contribution >= 4 is 71.8 Å². The van der Waals surface area contributed by atoms with Gasteiger partial charge < -0.3 is 9.80 Å². The molecular weight excluding hydrogens is 769 g/mol. The molecule has 0 heterocycles. The first kappa shape index (κ1) is 40.7. The van der Waals surface area contributed by atoms with Crippen LogP contribution in [-0.4, -0.2) is 16.1 Å². The van der Waals surface area contributed by atoms with E-state index in [0.29, 0.717) is 11.8 Å². The molecule has 1 aliphatic carbocycles. The Morgan fingerprint density at radius 3 is 1.28 bits per heavy atom. The molecule has 8 aromatic rings. The van der Waals surface area contributed by atoms with Crippen LogP contribution in [-0.2, 0) is 4.66 Å². The van der Waals surface area contributed by atoms with Crippen LogP contribution < -0.4 is 9.80 Å². The lowest BCUT2D eigenvalue weighted by Crippen LogP contribution is -2.63. The summed E-state index contributed by atoms with van der Waals surface area (Å²) in [4.78, 5) is 4.83. The van der Waals surface area contributed by atoms with Gasteiger partial charge in [0.1, 0.15) is 0 Å². The Kier molecular flexibility index (Phi) is 10.2. The van der Waals surface area contributed by atoms with Gasteiger partial charge in [0.2, 0.25) is 0 Å². The molecule has 0 bridgehead atoms. The van der Waals surface area contributed by atoms with Crippen LogP contribution in [0.25, 0.3) is 32.7 Å². The van der Waals surface area contributed by atoms with E-state index in [9.17, 15) is 0 Å². The third kappa shape index (κ3) is 6.85. The molecular formula is C57H60N2Si2. The minimum absolute atomic E-state index is 0.0204. The molecule has 9 rings (SSSR count). The number of hydrogen-bond donors (Lipinski definition) is 0. The summed E-state index contributed by atoms with van der Waals surface area (Å²) in [6.07, 6.45) is 0. The monoisotopic (exact) mass is 828 g/mol. The van der Waals surface area contributed by atoms with Gasteiger partial charge >= 0.3 is 0 Å². The molecule has 2 nitrogen and oxygen atoms in total. The van der Waals surface area contributed by atoms with Crippen molar-refractivity contribution in [1.29, 1.82) is 0 Å². The average Bonchev–Trinajstić information content (AvgIpc) is 3.55. The fraction of sp³-hybridized carbons (Fsp3) is 0.228. The summed E-state index contributed by atoms with van der Waals surface area (Å²) in [7, 11) is -3.97. The number of para-hydroxylation sites is 2. The van der Waals surface area contributed by atoms with Crippen molar-refractivity contribution in [3.8, 4) is 11.1 Å². The Balaban J connectivity index is 1.23. The van der Waals surface area contributed by atoms with Crippen LogP contribution in [0.15, 0.2) is 170 Å². The molecule has 61 heavy (non-hydrogen) atoms. The van der Waals surface area contributed by atoms with E-state index in [2.05, 4.69) is 247 Å². The fourth-order valence-corrected chi connectivity index (χ4v) is 24.0. The molecule has 0 saturated heterocycles. The summed E-state index contributed by atoms with van der Waals surface area (Å²) in [6.45, 7) is 24.8. The van der Waals surface area contributed by atoms with Crippen LogP contribution in [0.4, 0.5) is 34.1 Å². The Labute approximate surface area is 366 Å². The zero-order valence-electron chi connectivity index (χ0n) is 37.7. The van der Waals surface area contributed by atoms with Gasteiger partial charge in [-0.1, -0.05) is 158 Å². The van der Waals surface area contributed by atoms with Crippen molar-refractivity contribution < 1.29 is 0 Å². The standard InChI is InChI=1S/C57H60N2Si2/c1-39(2)41-21-27-48(28-22-41)58(46-17-13-11-14-18-46)50-31-25-43-37-54-53-33-26-44-35-51(59(47-19-15-12-16-20-47)49-29-23-42(24-30-49)40(3)4)32-34-52(44)56(53)57(60(5,6)7,61(8,9)10)55(54)38-45(43)36-50/h11-40H,1-10H3. The molecule has 0 aromatic heterocycles. The van der Waals surface area contributed by atoms with Crippen molar-refractivity contribution in [2.24, 2.45) is 0 Å². The summed E-state index contributed by atoms with van der Waals surface area (Å²) in [5, 5.41) is 5.29. The number of hydrogen-bond acceptors (Lipinski definition) is 2. The SMILES string of the molecule is CC(C)c1ccc(N(c2ccccc2)c2ccc3cc4c(cc3c2)C([Si](C)(C)C)([Si](C)(C)C)c2c-4ccc3cc(N(c4ccccc4)c4ccc(C(C)C)cc4)ccc23)cc1. The molecule has 8 aromatic carbocycles. The van der Waals surface area contributed by atoms with E-state index in [0.717, 1.165) is 11.4 Å². The molecule has 0 amide bonds. The molecule has 306 valence electrons.